The fraction of sp³-hybridized carbons (Fsp3) is 0.421. The smallest absolute Gasteiger partial charge is 0.338 e. The Hall–Kier alpha value is -1.73. The van der Waals surface area contributed by atoms with E-state index < -0.39 is 12.0 Å². The van der Waals surface area contributed by atoms with Gasteiger partial charge in [0.1, 0.15) is 0 Å². The van der Waals surface area contributed by atoms with Crippen molar-refractivity contribution < 1.29 is 14.3 Å². The van der Waals surface area contributed by atoms with Crippen LogP contribution >= 0.6 is 23.5 Å². The average molecular weight is 391 g/mol. The number of amidine groups is 1. The van der Waals surface area contributed by atoms with Gasteiger partial charge in [-0.25, -0.2) is 9.79 Å². The highest BCUT2D eigenvalue weighted by Crippen LogP contribution is 2.44. The Balaban J connectivity index is 2.11. The number of aliphatic imine (C=N–C) groups is 1. The Labute approximate surface area is 162 Å². The van der Waals surface area contributed by atoms with Crippen molar-refractivity contribution in [3.05, 3.63) is 41.1 Å². The number of amides is 1. The molecule has 5 nitrogen and oxygen atoms in total. The fourth-order valence-electron chi connectivity index (χ4n) is 3.16. The fourth-order valence-corrected chi connectivity index (χ4v) is 4.70. The standard InChI is InChI=1S/C19H22N2O3S2/c1-5-14-17(22)21-16(12-7-9-13(25-4)10-8-12)15(18(23)24-6-2)11(3)20-19(21)26-14/h7-10,14,16H,5-6H2,1-4H3/t14-,16-/m0/s1. The Morgan fingerprint density at radius 1 is 1.31 bits per heavy atom. The second-order valence-corrected chi connectivity index (χ2v) is 8.06. The van der Waals surface area contributed by atoms with Gasteiger partial charge in [-0.2, -0.15) is 0 Å². The summed E-state index contributed by atoms with van der Waals surface area (Å²) in [5, 5.41) is 0.516. The van der Waals surface area contributed by atoms with E-state index in [2.05, 4.69) is 4.99 Å². The number of nitrogens with zero attached hydrogens (tertiary/aromatic N) is 2. The van der Waals surface area contributed by atoms with E-state index in [0.29, 0.717) is 16.4 Å². The van der Waals surface area contributed by atoms with Gasteiger partial charge in [-0.15, -0.1) is 11.8 Å². The zero-order chi connectivity index (χ0) is 18.8. The van der Waals surface area contributed by atoms with E-state index in [0.717, 1.165) is 16.9 Å². The number of carbonyl (C=O) groups is 2. The number of allylic oxidation sites excluding steroid dienone is 1. The zero-order valence-electron chi connectivity index (χ0n) is 15.3. The lowest BCUT2D eigenvalue weighted by Gasteiger charge is -2.33. The molecule has 26 heavy (non-hydrogen) atoms. The SMILES string of the molecule is CCOC(=O)C1=C(C)N=C2S[C@@H](CC)C(=O)N2[C@H]1c1ccc(SC)cc1. The Kier molecular flexibility index (Phi) is 5.77. The minimum Gasteiger partial charge on any atom is -0.463 e. The summed E-state index contributed by atoms with van der Waals surface area (Å²) < 4.78 is 5.27. The van der Waals surface area contributed by atoms with Crippen LogP contribution in [0.2, 0.25) is 0 Å². The lowest BCUT2D eigenvalue weighted by molar-refractivity contribution is -0.139. The van der Waals surface area contributed by atoms with Crippen molar-refractivity contribution in [3.63, 3.8) is 0 Å². The van der Waals surface area contributed by atoms with Crippen LogP contribution in [-0.4, -0.2) is 40.1 Å². The molecule has 1 amide bonds. The summed E-state index contributed by atoms with van der Waals surface area (Å²) in [5.41, 5.74) is 1.95. The zero-order valence-corrected chi connectivity index (χ0v) is 16.9. The number of ether oxygens (including phenoxy) is 1. The molecular formula is C19H22N2O3S2. The molecule has 1 aromatic carbocycles. The topological polar surface area (TPSA) is 59.0 Å². The molecule has 2 atom stereocenters. The molecule has 2 aliphatic heterocycles. The van der Waals surface area contributed by atoms with Crippen molar-refractivity contribution in [1.29, 1.82) is 0 Å². The molecule has 3 rings (SSSR count). The first-order valence-electron chi connectivity index (χ1n) is 8.62. The molecule has 1 saturated heterocycles. The molecule has 0 bridgehead atoms. The molecule has 7 heteroatoms. The predicted molar refractivity (Wildman–Crippen MR) is 106 cm³/mol. The van der Waals surface area contributed by atoms with Crippen molar-refractivity contribution in [1.82, 2.24) is 4.90 Å². The number of esters is 1. The maximum Gasteiger partial charge on any atom is 0.338 e. The Morgan fingerprint density at radius 2 is 2.00 bits per heavy atom. The van der Waals surface area contributed by atoms with Gasteiger partial charge in [0.05, 0.1) is 29.2 Å². The lowest BCUT2D eigenvalue weighted by Crippen LogP contribution is -2.40. The molecule has 1 aromatic rings. The van der Waals surface area contributed by atoms with Crippen LogP contribution in [0.3, 0.4) is 0 Å². The van der Waals surface area contributed by atoms with Gasteiger partial charge in [-0.05, 0) is 44.2 Å². The second kappa shape index (κ2) is 7.88. The van der Waals surface area contributed by atoms with Crippen LogP contribution in [0.25, 0.3) is 0 Å². The van der Waals surface area contributed by atoms with Gasteiger partial charge in [0.2, 0.25) is 5.91 Å². The number of benzene rings is 1. The summed E-state index contributed by atoms with van der Waals surface area (Å²) in [6.07, 6.45) is 2.74. The summed E-state index contributed by atoms with van der Waals surface area (Å²) in [4.78, 5) is 33.0. The third kappa shape index (κ3) is 3.30. The predicted octanol–water partition coefficient (Wildman–Crippen LogP) is 4.01. The van der Waals surface area contributed by atoms with Gasteiger partial charge in [0.25, 0.3) is 0 Å². The number of carbonyl (C=O) groups excluding carboxylic acids is 2. The molecule has 138 valence electrons. The van der Waals surface area contributed by atoms with Crippen LogP contribution < -0.4 is 0 Å². The van der Waals surface area contributed by atoms with Crippen molar-refractivity contribution in [2.24, 2.45) is 4.99 Å². The summed E-state index contributed by atoms with van der Waals surface area (Å²) in [6, 6.07) is 7.48. The van der Waals surface area contributed by atoms with Crippen LogP contribution in [-0.2, 0) is 14.3 Å². The highest BCUT2D eigenvalue weighted by molar-refractivity contribution is 8.15. The monoisotopic (exact) mass is 390 g/mol. The third-order valence-electron chi connectivity index (χ3n) is 4.45. The van der Waals surface area contributed by atoms with Crippen molar-refractivity contribution in [3.8, 4) is 0 Å². The van der Waals surface area contributed by atoms with E-state index in [1.165, 1.54) is 11.8 Å². The van der Waals surface area contributed by atoms with Crippen LogP contribution in [0.15, 0.2) is 45.4 Å². The summed E-state index contributed by atoms with van der Waals surface area (Å²) in [6.45, 7) is 5.86. The van der Waals surface area contributed by atoms with Crippen LogP contribution in [0.4, 0.5) is 0 Å². The lowest BCUT2D eigenvalue weighted by atomic mass is 9.94. The van der Waals surface area contributed by atoms with Gasteiger partial charge in [0.15, 0.2) is 5.17 Å². The normalized spacial score (nSPS) is 22.4. The quantitative estimate of drug-likeness (QED) is 0.562. The molecule has 0 saturated carbocycles. The summed E-state index contributed by atoms with van der Waals surface area (Å²) in [7, 11) is 0. The van der Waals surface area contributed by atoms with Gasteiger partial charge in [-0.3, -0.25) is 9.69 Å². The maximum absolute atomic E-state index is 13.0. The highest BCUT2D eigenvalue weighted by atomic mass is 32.2. The molecule has 0 spiro atoms. The van der Waals surface area contributed by atoms with Crippen LogP contribution in [0.1, 0.15) is 38.8 Å². The first-order valence-corrected chi connectivity index (χ1v) is 10.7. The van der Waals surface area contributed by atoms with Crippen molar-refractivity contribution >= 4 is 40.6 Å². The molecule has 1 fully saturated rings. The molecule has 2 heterocycles. The average Bonchev–Trinajstić information content (AvgIpc) is 2.96. The van der Waals surface area contributed by atoms with Crippen molar-refractivity contribution in [2.45, 2.75) is 43.4 Å². The molecular weight excluding hydrogens is 368 g/mol. The molecule has 0 N–H and O–H groups in total. The molecule has 0 radical (unpaired) electrons. The first-order chi connectivity index (χ1) is 12.5. The Bertz CT molecular complexity index is 786. The van der Waals surface area contributed by atoms with Crippen LogP contribution in [0.5, 0.6) is 0 Å². The third-order valence-corrected chi connectivity index (χ3v) is 6.51. The van der Waals surface area contributed by atoms with Crippen LogP contribution in [0, 0.1) is 0 Å². The molecule has 0 unspecified atom stereocenters. The Morgan fingerprint density at radius 3 is 2.58 bits per heavy atom. The highest BCUT2D eigenvalue weighted by Gasteiger charge is 2.47. The van der Waals surface area contributed by atoms with Gasteiger partial charge >= 0.3 is 5.97 Å². The van der Waals surface area contributed by atoms with E-state index >= 15 is 0 Å². The minimum absolute atomic E-state index is 0.00416. The number of rotatable bonds is 5. The van der Waals surface area contributed by atoms with E-state index in [4.69, 9.17) is 4.74 Å². The number of hydrogen-bond donors (Lipinski definition) is 0. The number of fused-ring (bicyclic) bond motifs is 1. The number of thioether (sulfide) groups is 2. The molecule has 0 aromatic heterocycles. The van der Waals surface area contributed by atoms with Crippen molar-refractivity contribution in [2.75, 3.05) is 12.9 Å². The second-order valence-electron chi connectivity index (χ2n) is 6.01. The largest absolute Gasteiger partial charge is 0.463 e. The van der Waals surface area contributed by atoms with Gasteiger partial charge in [0, 0.05) is 4.90 Å². The minimum atomic E-state index is -0.492. The molecule has 0 aliphatic carbocycles. The first kappa shape index (κ1) is 19.0. The summed E-state index contributed by atoms with van der Waals surface area (Å²) in [5.74, 6) is -0.408. The maximum atomic E-state index is 13.0. The van der Waals surface area contributed by atoms with E-state index in [1.54, 1.807) is 23.6 Å². The van der Waals surface area contributed by atoms with E-state index in [9.17, 15) is 9.59 Å². The van der Waals surface area contributed by atoms with Gasteiger partial charge in [-0.1, -0.05) is 30.8 Å². The number of hydrogen-bond acceptors (Lipinski definition) is 6. The van der Waals surface area contributed by atoms with E-state index in [-0.39, 0.29) is 17.8 Å². The summed E-state index contributed by atoms with van der Waals surface area (Å²) >= 11 is 3.13. The van der Waals surface area contributed by atoms with Gasteiger partial charge < -0.3 is 4.74 Å². The molecule has 2 aliphatic rings. The van der Waals surface area contributed by atoms with E-state index in [1.807, 2.05) is 44.4 Å².